The molecule has 12 nitrogen and oxygen atoms in total. The predicted octanol–water partition coefficient (Wildman–Crippen LogP) is -4.25. The number of benzene rings is 2. The quantitative estimate of drug-likeness (QED) is 0.118. The summed E-state index contributed by atoms with van der Waals surface area (Å²) in [6.07, 6.45) is 0.0623. The minimum absolute atomic E-state index is 0. The number of morpholine rings is 1. The van der Waals surface area contributed by atoms with Crippen LogP contribution in [-0.4, -0.2) is 67.5 Å². The summed E-state index contributed by atoms with van der Waals surface area (Å²) in [7, 11) is 1.54. The van der Waals surface area contributed by atoms with Crippen molar-refractivity contribution in [2.45, 2.75) is 6.42 Å². The summed E-state index contributed by atoms with van der Waals surface area (Å²) in [6.45, 7) is 4.83. The second-order valence-electron chi connectivity index (χ2n) is 7.71. The zero-order valence-electron chi connectivity index (χ0n) is 21.9. The molecule has 3 aromatic rings. The van der Waals surface area contributed by atoms with Crippen LogP contribution >= 0.6 is 0 Å². The summed E-state index contributed by atoms with van der Waals surface area (Å²) in [4.78, 5) is 25.2. The molecular weight excluding hydrogens is 759 g/mol. The van der Waals surface area contributed by atoms with Crippen molar-refractivity contribution in [3.8, 4) is 23.0 Å². The van der Waals surface area contributed by atoms with Gasteiger partial charge in [-0.2, -0.15) is 0 Å². The average molecular weight is 783 g/mol. The number of nitro groups is 1. The summed E-state index contributed by atoms with van der Waals surface area (Å²) < 4.78 is 36.8. The number of rotatable bonds is 9. The molecule has 1 fully saturated rings. The van der Waals surface area contributed by atoms with Crippen LogP contribution in [0.25, 0.3) is 10.9 Å². The molecule has 2 aromatic carbocycles. The zero-order valence-corrected chi connectivity index (χ0v) is 34.4. The molecule has 1 aliphatic heterocycles. The van der Waals surface area contributed by atoms with Crippen LogP contribution in [0.3, 0.4) is 0 Å². The number of methoxy groups -OCH3 is 1. The number of carbonyl (C=O) groups is 1. The molecule has 0 N–H and O–H groups in total. The van der Waals surface area contributed by atoms with Crippen LogP contribution in [-0.2, 0) is 4.74 Å². The largest absolute Gasteiger partial charge is 1.00 e. The topological polar surface area (TPSA) is 159 Å². The first-order valence-electron chi connectivity index (χ1n) is 11.2. The van der Waals surface area contributed by atoms with Crippen LogP contribution in [0.1, 0.15) is 6.42 Å². The van der Waals surface area contributed by atoms with Gasteiger partial charge >= 0.3 is 138 Å². The molecule has 1 aromatic heterocycles. The maximum absolute atomic E-state index is 14.3. The van der Waals surface area contributed by atoms with E-state index in [9.17, 15) is 14.5 Å². The average Bonchev–Trinajstić information content (AvgIpc) is 2.87. The third kappa shape index (κ3) is 11.9. The molecule has 0 amide bonds. The van der Waals surface area contributed by atoms with Gasteiger partial charge in [-0.3, -0.25) is 20.0 Å². The number of carboxylic acid groups (broad SMARTS) is 2. The molecule has 0 atom stereocenters. The van der Waals surface area contributed by atoms with E-state index < -0.39 is 16.9 Å². The van der Waals surface area contributed by atoms with Gasteiger partial charge in [0.25, 0.3) is 5.69 Å². The van der Waals surface area contributed by atoms with Crippen molar-refractivity contribution in [3.63, 3.8) is 0 Å². The third-order valence-electron chi connectivity index (χ3n) is 5.31. The number of nitrogens with zero attached hydrogens (tertiary/aromatic N) is 3. The summed E-state index contributed by atoms with van der Waals surface area (Å²) in [5.41, 5.74) is 0.232. The molecule has 39 heavy (non-hydrogen) atoms. The van der Waals surface area contributed by atoms with E-state index >= 15 is 0 Å². The Hall–Kier alpha value is -0.126. The fourth-order valence-electron chi connectivity index (χ4n) is 3.59. The van der Waals surface area contributed by atoms with E-state index in [2.05, 4.69) is 9.88 Å². The fraction of sp³-hybridized carbons (Fsp3) is 0.333. The Balaban J connectivity index is 0.00000119. The van der Waals surface area contributed by atoms with Gasteiger partial charge in [-0.1, -0.05) is 0 Å². The first-order chi connectivity index (χ1) is 17.8. The van der Waals surface area contributed by atoms with Crippen LogP contribution in [0.4, 0.5) is 14.9 Å². The maximum Gasteiger partial charge on any atom is 1.00 e. The maximum atomic E-state index is 14.3. The van der Waals surface area contributed by atoms with Crippen molar-refractivity contribution in [3.05, 3.63) is 58.5 Å². The number of hydrogen-bond donors (Lipinski definition) is 0. The van der Waals surface area contributed by atoms with Crippen molar-refractivity contribution >= 4 is 22.7 Å². The molecule has 198 valence electrons. The molecule has 0 radical (unpaired) electrons. The first-order valence-corrected chi connectivity index (χ1v) is 11.2. The van der Waals surface area contributed by atoms with E-state index in [0.29, 0.717) is 34.8 Å². The van der Waals surface area contributed by atoms with Gasteiger partial charge in [0.1, 0.15) is 5.75 Å². The number of halogens is 1. The number of aromatic nitrogens is 1. The second-order valence-corrected chi connectivity index (χ2v) is 7.71. The normalized spacial score (nSPS) is 12.7. The van der Waals surface area contributed by atoms with Crippen molar-refractivity contribution in [2.24, 2.45) is 0 Å². The second kappa shape index (κ2) is 19.1. The van der Waals surface area contributed by atoms with Gasteiger partial charge in [0, 0.05) is 43.4 Å². The fourth-order valence-corrected chi connectivity index (χ4v) is 3.59. The number of nitro benzene ring substituents is 1. The summed E-state index contributed by atoms with van der Waals surface area (Å²) >= 11 is 0. The van der Waals surface area contributed by atoms with E-state index in [-0.39, 0.29) is 149 Å². The Morgan fingerprint density at radius 2 is 1.77 bits per heavy atom. The number of non-ortho nitro benzene ring substituents is 1. The molecule has 15 heteroatoms. The summed E-state index contributed by atoms with van der Waals surface area (Å²) in [5.74, 6) is 0.427. The van der Waals surface area contributed by atoms with Crippen molar-refractivity contribution in [1.29, 1.82) is 0 Å². The van der Waals surface area contributed by atoms with Gasteiger partial charge in [0.2, 0.25) is 0 Å². The van der Waals surface area contributed by atoms with Gasteiger partial charge < -0.3 is 34.0 Å². The monoisotopic (exact) mass is 783 g/mol. The number of ether oxygens (including phenoxy) is 4. The summed E-state index contributed by atoms with van der Waals surface area (Å²) in [6, 6.07) is 8.29. The Labute approximate surface area is 341 Å². The van der Waals surface area contributed by atoms with E-state index in [1.807, 2.05) is 0 Å². The molecule has 0 saturated carbocycles. The van der Waals surface area contributed by atoms with Gasteiger partial charge in [0.15, 0.2) is 23.1 Å². The van der Waals surface area contributed by atoms with Gasteiger partial charge in [-0.05, 0) is 30.8 Å². The van der Waals surface area contributed by atoms with Crippen molar-refractivity contribution < 1.29 is 181 Å². The minimum atomic E-state index is -2.33. The zero-order chi connectivity index (χ0) is 26.8. The number of hydrogen-bond acceptors (Lipinski definition) is 11. The molecule has 0 unspecified atom stereocenters. The van der Waals surface area contributed by atoms with Crippen LogP contribution in [0, 0.1) is 15.9 Å². The first kappa shape index (κ1) is 36.9. The Morgan fingerprint density at radius 1 is 1.08 bits per heavy atom. The molecule has 4 rings (SSSR count). The van der Waals surface area contributed by atoms with E-state index in [4.69, 9.17) is 34.0 Å². The molecule has 0 bridgehead atoms. The van der Waals surface area contributed by atoms with Crippen LogP contribution in [0.2, 0.25) is 0 Å². The van der Waals surface area contributed by atoms with Gasteiger partial charge in [-0.25, -0.2) is 4.39 Å². The molecule has 0 spiro atoms. The Bertz CT molecular complexity index is 1240. The van der Waals surface area contributed by atoms with Crippen LogP contribution < -0.4 is 162 Å². The Morgan fingerprint density at radius 3 is 2.38 bits per heavy atom. The molecule has 1 aliphatic rings. The minimum Gasteiger partial charge on any atom is -0.652 e. The standard InChI is InChI=1S/C23H24FN3O6.CH2O3.2Cs/c1-30-22-14-17-19(15-23(22)32-10-2-7-26-8-11-31-12-9-26)25-6-5-20(17)33-21-4-3-16(27(28)29)13-18(21)24;2-1(3)4;;/h3-6,13-15H,2,7-12H2,1H3;(H2,2,3,4);;/q;;2*+1/p-2. The van der Waals surface area contributed by atoms with E-state index in [1.165, 1.54) is 25.4 Å². The summed E-state index contributed by atoms with van der Waals surface area (Å²) in [5, 5.41) is 28.1. The number of pyridine rings is 1. The van der Waals surface area contributed by atoms with E-state index in [0.717, 1.165) is 45.3 Å². The Kier molecular flexibility index (Phi) is 18.1. The van der Waals surface area contributed by atoms with Crippen molar-refractivity contribution in [2.75, 3.05) is 46.6 Å². The number of fused-ring (bicyclic) bond motifs is 1. The van der Waals surface area contributed by atoms with Gasteiger partial charge in [-0.15, -0.1) is 0 Å². The smallest absolute Gasteiger partial charge is 0.652 e. The molecule has 2 heterocycles. The van der Waals surface area contributed by atoms with Gasteiger partial charge in [0.05, 0.1) is 43.4 Å². The van der Waals surface area contributed by atoms with Crippen molar-refractivity contribution in [1.82, 2.24) is 9.88 Å². The number of carbonyl (C=O) groups excluding carboxylic acids is 1. The SMILES string of the molecule is COc1cc2c(Oc3ccc([N+](=O)[O-])cc3F)ccnc2cc1OCCCN1CCOCC1.O=C([O-])[O-].[Cs+].[Cs+]. The van der Waals surface area contributed by atoms with Crippen LogP contribution in [0.5, 0.6) is 23.0 Å². The molecular formula is C24H24Cs2FN3O9. The van der Waals surface area contributed by atoms with E-state index in [1.54, 1.807) is 18.2 Å². The molecule has 1 saturated heterocycles. The predicted molar refractivity (Wildman–Crippen MR) is 124 cm³/mol. The molecule has 0 aliphatic carbocycles. The van der Waals surface area contributed by atoms with Crippen LogP contribution in [0.15, 0.2) is 42.6 Å². The third-order valence-corrected chi connectivity index (χ3v) is 5.31.